The van der Waals surface area contributed by atoms with Crippen LogP contribution in [0, 0.1) is 0 Å². The molecule has 4 heteroatoms. The SMILES string of the molecule is c1ccc(-c2nc(-c3cc(-c4ccc5ccc(-c6ccccn6)cc5c4)cc(-c4cc5ccccc5c5ccccc45)c3)nc3c2sc2ccccc23)cc1. The number of fused-ring (bicyclic) bond motifs is 7. The maximum atomic E-state index is 5.41. The molecule has 0 saturated carbocycles. The highest BCUT2D eigenvalue weighted by Gasteiger charge is 2.19. The molecule has 55 heavy (non-hydrogen) atoms. The van der Waals surface area contributed by atoms with Gasteiger partial charge in [0.15, 0.2) is 5.82 Å². The molecule has 0 atom stereocenters. The minimum absolute atomic E-state index is 0.710. The highest BCUT2D eigenvalue weighted by molar-refractivity contribution is 7.26. The molecular weight excluding hydrogens is 687 g/mol. The third-order valence-corrected chi connectivity index (χ3v) is 11.8. The maximum Gasteiger partial charge on any atom is 0.160 e. The van der Waals surface area contributed by atoms with Crippen LogP contribution in [0.4, 0.5) is 0 Å². The second-order valence-electron chi connectivity index (χ2n) is 14.0. The van der Waals surface area contributed by atoms with Gasteiger partial charge in [0.05, 0.1) is 21.6 Å². The molecule has 0 amide bonds. The van der Waals surface area contributed by atoms with Crippen LogP contribution in [0.5, 0.6) is 0 Å². The van der Waals surface area contributed by atoms with Gasteiger partial charge in [-0.2, -0.15) is 0 Å². The van der Waals surface area contributed by atoms with Crippen molar-refractivity contribution in [3.8, 4) is 56.2 Å². The Kier molecular flexibility index (Phi) is 7.35. The highest BCUT2D eigenvalue weighted by Crippen LogP contribution is 2.42. The lowest BCUT2D eigenvalue weighted by Gasteiger charge is -2.15. The average Bonchev–Trinajstić information content (AvgIpc) is 3.64. The van der Waals surface area contributed by atoms with Gasteiger partial charge in [-0.05, 0) is 109 Å². The lowest BCUT2D eigenvalue weighted by Crippen LogP contribution is -1.95. The Balaban J connectivity index is 1.18. The number of thiophene rings is 1. The molecule has 0 fully saturated rings. The molecule has 0 aliphatic rings. The molecule has 0 bridgehead atoms. The predicted molar refractivity (Wildman–Crippen MR) is 232 cm³/mol. The van der Waals surface area contributed by atoms with E-state index in [4.69, 9.17) is 9.97 Å². The quantitative estimate of drug-likeness (QED) is 0.166. The Labute approximate surface area is 321 Å². The predicted octanol–water partition coefficient (Wildman–Crippen LogP) is 14.0. The van der Waals surface area contributed by atoms with E-state index < -0.39 is 0 Å². The molecule has 3 aromatic heterocycles. The molecule has 11 rings (SSSR count). The molecule has 0 radical (unpaired) electrons. The van der Waals surface area contributed by atoms with E-state index in [9.17, 15) is 0 Å². The Morgan fingerprint density at radius 2 is 1.07 bits per heavy atom. The fourth-order valence-electron chi connectivity index (χ4n) is 8.00. The van der Waals surface area contributed by atoms with Crippen molar-refractivity contribution in [3.05, 3.63) is 188 Å². The van der Waals surface area contributed by atoms with Crippen LogP contribution in [-0.2, 0) is 0 Å². The first-order valence-corrected chi connectivity index (χ1v) is 19.3. The van der Waals surface area contributed by atoms with Crippen molar-refractivity contribution in [1.29, 1.82) is 0 Å². The van der Waals surface area contributed by atoms with Crippen LogP contribution in [0.2, 0.25) is 0 Å². The highest BCUT2D eigenvalue weighted by atomic mass is 32.1. The number of pyridine rings is 1. The Bertz CT molecular complexity index is 3260. The van der Waals surface area contributed by atoms with Gasteiger partial charge in [-0.15, -0.1) is 11.3 Å². The minimum atomic E-state index is 0.710. The van der Waals surface area contributed by atoms with Crippen molar-refractivity contribution in [2.75, 3.05) is 0 Å². The first-order valence-electron chi connectivity index (χ1n) is 18.5. The molecule has 0 N–H and O–H groups in total. The van der Waals surface area contributed by atoms with Crippen molar-refractivity contribution in [2.45, 2.75) is 0 Å². The van der Waals surface area contributed by atoms with E-state index in [0.717, 1.165) is 65.8 Å². The number of hydrogen-bond donors (Lipinski definition) is 0. The first-order chi connectivity index (χ1) is 27.2. The monoisotopic (exact) mass is 717 g/mol. The van der Waals surface area contributed by atoms with Gasteiger partial charge in [0.25, 0.3) is 0 Å². The van der Waals surface area contributed by atoms with Gasteiger partial charge in [0, 0.05) is 33.0 Å². The van der Waals surface area contributed by atoms with Crippen molar-refractivity contribution in [3.63, 3.8) is 0 Å². The summed E-state index contributed by atoms with van der Waals surface area (Å²) in [6.07, 6.45) is 1.85. The Morgan fingerprint density at radius 1 is 0.382 bits per heavy atom. The topological polar surface area (TPSA) is 38.7 Å². The van der Waals surface area contributed by atoms with Crippen molar-refractivity contribution in [1.82, 2.24) is 15.0 Å². The smallest absolute Gasteiger partial charge is 0.160 e. The van der Waals surface area contributed by atoms with E-state index in [0.29, 0.717) is 5.82 Å². The number of nitrogens with zero attached hydrogens (tertiary/aromatic N) is 3. The van der Waals surface area contributed by atoms with Gasteiger partial charge in [-0.1, -0.05) is 127 Å². The van der Waals surface area contributed by atoms with Crippen LogP contribution >= 0.6 is 11.3 Å². The Morgan fingerprint density at radius 3 is 1.93 bits per heavy atom. The molecule has 0 aliphatic heterocycles. The van der Waals surface area contributed by atoms with E-state index in [1.54, 1.807) is 11.3 Å². The maximum absolute atomic E-state index is 5.41. The molecule has 3 nitrogen and oxygen atoms in total. The average molecular weight is 718 g/mol. The zero-order chi connectivity index (χ0) is 36.3. The van der Waals surface area contributed by atoms with E-state index in [2.05, 4.69) is 175 Å². The summed E-state index contributed by atoms with van der Waals surface area (Å²) >= 11 is 1.76. The summed E-state index contributed by atoms with van der Waals surface area (Å²) in [6.45, 7) is 0. The normalized spacial score (nSPS) is 11.6. The zero-order valence-electron chi connectivity index (χ0n) is 29.6. The number of hydrogen-bond acceptors (Lipinski definition) is 4. The molecular formula is C51H31N3S. The summed E-state index contributed by atoms with van der Waals surface area (Å²) in [6, 6.07) is 65.1. The Hall–Kier alpha value is -7.01. The van der Waals surface area contributed by atoms with Crippen LogP contribution in [0.1, 0.15) is 0 Å². The van der Waals surface area contributed by atoms with Gasteiger partial charge < -0.3 is 0 Å². The van der Waals surface area contributed by atoms with Gasteiger partial charge >= 0.3 is 0 Å². The number of rotatable bonds is 5. The van der Waals surface area contributed by atoms with Crippen molar-refractivity contribution < 1.29 is 0 Å². The van der Waals surface area contributed by atoms with E-state index >= 15 is 0 Å². The standard InChI is InChI=1S/C51H31N3S/c1-2-12-33(13-3-1)48-50-49(44-18-8-9-20-47(44)55-50)54-51(53-48)40-29-38(34-23-21-32-22-24-36(27-37(32)26-34)46-19-10-11-25-52-46)28-39(30-40)45-31-35-14-4-5-15-41(35)42-16-6-7-17-43(42)45/h1-31H. The van der Waals surface area contributed by atoms with Crippen LogP contribution in [0.3, 0.4) is 0 Å². The lowest BCUT2D eigenvalue weighted by molar-refractivity contribution is 1.24. The zero-order valence-corrected chi connectivity index (χ0v) is 30.5. The summed E-state index contributed by atoms with van der Waals surface area (Å²) in [7, 11) is 0. The van der Waals surface area contributed by atoms with Crippen LogP contribution in [0.15, 0.2) is 188 Å². The summed E-state index contributed by atoms with van der Waals surface area (Å²) in [5.74, 6) is 0.710. The molecule has 0 saturated heterocycles. The molecule has 0 aliphatic carbocycles. The lowest BCUT2D eigenvalue weighted by atomic mass is 9.90. The minimum Gasteiger partial charge on any atom is -0.256 e. The molecule has 3 heterocycles. The third-order valence-electron chi connectivity index (χ3n) is 10.7. The van der Waals surface area contributed by atoms with Gasteiger partial charge in [-0.25, -0.2) is 9.97 Å². The van der Waals surface area contributed by atoms with E-state index in [1.807, 2.05) is 18.3 Å². The summed E-state index contributed by atoms with van der Waals surface area (Å²) in [5.41, 5.74) is 10.6. The first kappa shape index (κ1) is 31.5. The fourth-order valence-corrected chi connectivity index (χ4v) is 9.16. The molecule has 11 aromatic rings. The van der Waals surface area contributed by atoms with Gasteiger partial charge in [0.1, 0.15) is 0 Å². The number of aromatic nitrogens is 3. The molecule has 256 valence electrons. The third kappa shape index (κ3) is 5.46. The van der Waals surface area contributed by atoms with Crippen molar-refractivity contribution in [2.24, 2.45) is 0 Å². The summed E-state index contributed by atoms with van der Waals surface area (Å²) < 4.78 is 2.31. The second-order valence-corrected chi connectivity index (χ2v) is 15.1. The van der Waals surface area contributed by atoms with Crippen LogP contribution in [0.25, 0.3) is 109 Å². The summed E-state index contributed by atoms with van der Waals surface area (Å²) in [5, 5.41) is 8.42. The second kappa shape index (κ2) is 12.8. The number of benzene rings is 8. The molecule has 8 aromatic carbocycles. The van der Waals surface area contributed by atoms with E-state index in [1.165, 1.54) is 37.2 Å². The summed E-state index contributed by atoms with van der Waals surface area (Å²) in [4.78, 5) is 15.4. The van der Waals surface area contributed by atoms with Gasteiger partial charge in [0.2, 0.25) is 0 Å². The van der Waals surface area contributed by atoms with Crippen molar-refractivity contribution >= 4 is 64.0 Å². The van der Waals surface area contributed by atoms with E-state index in [-0.39, 0.29) is 0 Å². The molecule has 0 spiro atoms. The molecule has 0 unspecified atom stereocenters. The van der Waals surface area contributed by atoms with Gasteiger partial charge in [-0.3, -0.25) is 4.98 Å². The largest absolute Gasteiger partial charge is 0.256 e. The van der Waals surface area contributed by atoms with Crippen LogP contribution < -0.4 is 0 Å². The fraction of sp³-hybridized carbons (Fsp3) is 0. The van der Waals surface area contributed by atoms with Crippen LogP contribution in [-0.4, -0.2) is 15.0 Å².